The maximum atomic E-state index is 4.34. The standard InChI is InChI=1S/C22H32N4.HI/c1-5-26(6-2)17-20-14-12-19(13-15-20)16-24-22(23-4)25-18(3)21-10-8-7-9-11-21;/h7-15,18H,5-6,16-17H2,1-4H3,(H2,23,24,25);1H. The zero-order valence-electron chi connectivity index (χ0n) is 16.9. The van der Waals surface area contributed by atoms with Crippen molar-refractivity contribution in [2.24, 2.45) is 4.99 Å². The zero-order valence-corrected chi connectivity index (χ0v) is 19.2. The maximum absolute atomic E-state index is 4.34. The molecular formula is C22H33IN4. The molecule has 0 aliphatic carbocycles. The fraction of sp³-hybridized carbons (Fsp3) is 0.409. The van der Waals surface area contributed by atoms with Crippen LogP contribution in [-0.4, -0.2) is 31.0 Å². The van der Waals surface area contributed by atoms with E-state index in [1.165, 1.54) is 16.7 Å². The van der Waals surface area contributed by atoms with Gasteiger partial charge < -0.3 is 10.6 Å². The van der Waals surface area contributed by atoms with E-state index >= 15 is 0 Å². The topological polar surface area (TPSA) is 39.7 Å². The molecule has 0 heterocycles. The van der Waals surface area contributed by atoms with E-state index in [4.69, 9.17) is 0 Å². The highest BCUT2D eigenvalue weighted by atomic mass is 127. The molecule has 0 amide bonds. The molecule has 1 atom stereocenters. The SMILES string of the molecule is CCN(CC)Cc1ccc(CNC(=NC)NC(C)c2ccccc2)cc1.I. The third-order valence-corrected chi connectivity index (χ3v) is 4.66. The first kappa shape index (κ1) is 23.4. The maximum Gasteiger partial charge on any atom is 0.191 e. The van der Waals surface area contributed by atoms with E-state index in [1.807, 2.05) is 6.07 Å². The number of guanidine groups is 1. The summed E-state index contributed by atoms with van der Waals surface area (Å²) in [5.41, 5.74) is 3.86. The average Bonchev–Trinajstić information content (AvgIpc) is 2.70. The van der Waals surface area contributed by atoms with Crippen molar-refractivity contribution in [2.45, 2.75) is 39.9 Å². The fourth-order valence-corrected chi connectivity index (χ4v) is 2.88. The third kappa shape index (κ3) is 7.89. The lowest BCUT2D eigenvalue weighted by molar-refractivity contribution is 0.296. The summed E-state index contributed by atoms with van der Waals surface area (Å²) < 4.78 is 0. The summed E-state index contributed by atoms with van der Waals surface area (Å²) in [6, 6.07) is 19.4. The van der Waals surface area contributed by atoms with E-state index < -0.39 is 0 Å². The monoisotopic (exact) mass is 480 g/mol. The Bertz CT molecular complexity index is 666. The number of halogens is 1. The second-order valence-corrected chi connectivity index (χ2v) is 6.48. The molecule has 148 valence electrons. The van der Waals surface area contributed by atoms with E-state index in [2.05, 4.69) is 89.8 Å². The first-order chi connectivity index (χ1) is 12.7. The molecule has 0 radical (unpaired) electrons. The molecule has 27 heavy (non-hydrogen) atoms. The first-order valence-electron chi connectivity index (χ1n) is 9.48. The summed E-state index contributed by atoms with van der Waals surface area (Å²) in [7, 11) is 1.81. The van der Waals surface area contributed by atoms with Crippen LogP contribution in [0.15, 0.2) is 59.6 Å². The van der Waals surface area contributed by atoms with Crippen LogP contribution in [0.3, 0.4) is 0 Å². The highest BCUT2D eigenvalue weighted by Gasteiger charge is 2.07. The molecule has 2 aromatic rings. The lowest BCUT2D eigenvalue weighted by Gasteiger charge is -2.19. The Balaban J connectivity index is 0.00000364. The number of aliphatic imine (C=N–C) groups is 1. The van der Waals surface area contributed by atoms with Crippen LogP contribution >= 0.6 is 24.0 Å². The van der Waals surface area contributed by atoms with Gasteiger partial charge in [-0.1, -0.05) is 68.4 Å². The van der Waals surface area contributed by atoms with E-state index in [-0.39, 0.29) is 30.0 Å². The van der Waals surface area contributed by atoms with E-state index in [0.717, 1.165) is 32.1 Å². The van der Waals surface area contributed by atoms with Crippen LogP contribution in [0.1, 0.15) is 43.5 Å². The van der Waals surface area contributed by atoms with Crippen molar-refractivity contribution >= 4 is 29.9 Å². The number of hydrogen-bond acceptors (Lipinski definition) is 2. The molecule has 5 heteroatoms. The van der Waals surface area contributed by atoms with Gasteiger partial charge in [0.05, 0.1) is 6.04 Å². The number of hydrogen-bond donors (Lipinski definition) is 2. The molecule has 2 aromatic carbocycles. The summed E-state index contributed by atoms with van der Waals surface area (Å²) in [6.07, 6.45) is 0. The molecule has 0 fully saturated rings. The molecule has 0 spiro atoms. The molecule has 4 nitrogen and oxygen atoms in total. The third-order valence-electron chi connectivity index (χ3n) is 4.66. The number of nitrogens with zero attached hydrogens (tertiary/aromatic N) is 2. The summed E-state index contributed by atoms with van der Waals surface area (Å²) in [5.74, 6) is 0.813. The summed E-state index contributed by atoms with van der Waals surface area (Å²) in [5, 5.41) is 6.84. The quantitative estimate of drug-likeness (QED) is 0.330. The van der Waals surface area contributed by atoms with Crippen LogP contribution < -0.4 is 10.6 Å². The molecule has 0 aliphatic heterocycles. The predicted molar refractivity (Wildman–Crippen MR) is 127 cm³/mol. The Labute approximate surface area is 181 Å². The zero-order chi connectivity index (χ0) is 18.8. The Morgan fingerprint density at radius 1 is 0.963 bits per heavy atom. The molecule has 2 N–H and O–H groups in total. The Morgan fingerprint density at radius 3 is 2.11 bits per heavy atom. The molecular weight excluding hydrogens is 447 g/mol. The minimum atomic E-state index is 0. The van der Waals surface area contributed by atoms with Gasteiger partial charge in [0.15, 0.2) is 5.96 Å². The van der Waals surface area contributed by atoms with Crippen LogP contribution in [0.4, 0.5) is 0 Å². The van der Waals surface area contributed by atoms with Crippen molar-refractivity contribution in [3.8, 4) is 0 Å². The van der Waals surface area contributed by atoms with Crippen LogP contribution in [0.2, 0.25) is 0 Å². The largest absolute Gasteiger partial charge is 0.352 e. The summed E-state index contributed by atoms with van der Waals surface area (Å²) in [6.45, 7) is 10.5. The molecule has 1 unspecified atom stereocenters. The van der Waals surface area contributed by atoms with Crippen LogP contribution in [0.25, 0.3) is 0 Å². The van der Waals surface area contributed by atoms with Crippen molar-refractivity contribution in [2.75, 3.05) is 20.1 Å². The van der Waals surface area contributed by atoms with Crippen LogP contribution in [-0.2, 0) is 13.1 Å². The molecule has 0 saturated carbocycles. The highest BCUT2D eigenvalue weighted by Crippen LogP contribution is 2.11. The van der Waals surface area contributed by atoms with Gasteiger partial charge >= 0.3 is 0 Å². The second-order valence-electron chi connectivity index (χ2n) is 6.48. The predicted octanol–water partition coefficient (Wildman–Crippen LogP) is 4.57. The van der Waals surface area contributed by atoms with E-state index in [0.29, 0.717) is 0 Å². The van der Waals surface area contributed by atoms with E-state index in [1.54, 1.807) is 7.05 Å². The molecule has 0 aromatic heterocycles. The molecule has 2 rings (SSSR count). The average molecular weight is 480 g/mol. The van der Waals surface area contributed by atoms with Gasteiger partial charge in [-0.2, -0.15) is 0 Å². The normalized spacial score (nSPS) is 12.4. The Hall–Kier alpha value is -1.60. The molecule has 0 saturated heterocycles. The van der Waals surface area contributed by atoms with Gasteiger partial charge in [0.1, 0.15) is 0 Å². The molecule has 0 bridgehead atoms. The van der Waals surface area contributed by atoms with Crippen molar-refractivity contribution in [3.05, 3.63) is 71.3 Å². The smallest absolute Gasteiger partial charge is 0.191 e. The minimum absolute atomic E-state index is 0. The summed E-state index contributed by atoms with van der Waals surface area (Å²) in [4.78, 5) is 6.76. The number of nitrogens with one attached hydrogen (secondary N) is 2. The van der Waals surface area contributed by atoms with Crippen molar-refractivity contribution in [1.29, 1.82) is 0 Å². The summed E-state index contributed by atoms with van der Waals surface area (Å²) >= 11 is 0. The van der Waals surface area contributed by atoms with Crippen molar-refractivity contribution in [3.63, 3.8) is 0 Å². The van der Waals surface area contributed by atoms with Gasteiger partial charge in [-0.05, 0) is 36.7 Å². The van der Waals surface area contributed by atoms with Crippen molar-refractivity contribution < 1.29 is 0 Å². The van der Waals surface area contributed by atoms with E-state index in [9.17, 15) is 0 Å². The van der Waals surface area contributed by atoms with Gasteiger partial charge in [-0.25, -0.2) is 0 Å². The van der Waals surface area contributed by atoms with Gasteiger partial charge in [-0.15, -0.1) is 24.0 Å². The van der Waals surface area contributed by atoms with Crippen molar-refractivity contribution in [1.82, 2.24) is 15.5 Å². The van der Waals surface area contributed by atoms with Crippen LogP contribution in [0, 0.1) is 0 Å². The van der Waals surface area contributed by atoms with Gasteiger partial charge in [0.2, 0.25) is 0 Å². The lowest BCUT2D eigenvalue weighted by Crippen LogP contribution is -2.38. The Kier molecular flexibility index (Phi) is 11.0. The van der Waals surface area contributed by atoms with Gasteiger partial charge in [0.25, 0.3) is 0 Å². The first-order valence-corrected chi connectivity index (χ1v) is 9.48. The highest BCUT2D eigenvalue weighted by molar-refractivity contribution is 14.0. The fourth-order valence-electron chi connectivity index (χ4n) is 2.88. The molecule has 0 aliphatic rings. The Morgan fingerprint density at radius 2 is 1.56 bits per heavy atom. The number of benzene rings is 2. The lowest BCUT2D eigenvalue weighted by atomic mass is 10.1. The van der Waals surface area contributed by atoms with Crippen LogP contribution in [0.5, 0.6) is 0 Å². The number of rotatable bonds is 8. The second kappa shape index (κ2) is 12.7. The minimum Gasteiger partial charge on any atom is -0.352 e. The van der Waals surface area contributed by atoms with Gasteiger partial charge in [0, 0.05) is 20.1 Å². The van der Waals surface area contributed by atoms with Gasteiger partial charge in [-0.3, -0.25) is 9.89 Å².